The molecule has 0 fully saturated rings. The monoisotopic (exact) mass is 503 g/mol. The fraction of sp³-hybridized carbons (Fsp3) is 0.304. The third kappa shape index (κ3) is 4.09. The van der Waals surface area contributed by atoms with Crippen molar-refractivity contribution in [3.63, 3.8) is 0 Å². The number of pyridine rings is 1. The van der Waals surface area contributed by atoms with E-state index in [0.29, 0.717) is 41.2 Å². The highest BCUT2D eigenvalue weighted by Crippen LogP contribution is 2.51. The third-order valence-electron chi connectivity index (χ3n) is 6.13. The predicted octanol–water partition coefficient (Wildman–Crippen LogP) is 4.12. The number of amidine groups is 1. The maximum Gasteiger partial charge on any atom is 0.415 e. The summed E-state index contributed by atoms with van der Waals surface area (Å²) in [4.78, 5) is 17.1. The topological polar surface area (TPSA) is 124 Å². The van der Waals surface area contributed by atoms with Crippen molar-refractivity contribution >= 4 is 39.8 Å². The molecule has 2 aliphatic heterocycles. The van der Waals surface area contributed by atoms with E-state index in [2.05, 4.69) is 25.3 Å². The molecule has 0 radical (unpaired) electrons. The molecule has 12 heteroatoms. The van der Waals surface area contributed by atoms with Crippen LogP contribution in [-0.2, 0) is 11.8 Å². The van der Waals surface area contributed by atoms with E-state index < -0.39 is 17.2 Å². The van der Waals surface area contributed by atoms with Gasteiger partial charge in [0.05, 0.1) is 33.7 Å². The minimum atomic E-state index is -4.64. The van der Waals surface area contributed by atoms with Crippen LogP contribution in [0.2, 0.25) is 5.02 Å². The van der Waals surface area contributed by atoms with Crippen LogP contribution in [-0.4, -0.2) is 40.1 Å². The van der Waals surface area contributed by atoms with Gasteiger partial charge in [-0.25, -0.2) is 15.0 Å². The summed E-state index contributed by atoms with van der Waals surface area (Å²) in [7, 11) is 0. The van der Waals surface area contributed by atoms with E-state index >= 15 is 0 Å². The Morgan fingerprint density at radius 2 is 2.00 bits per heavy atom. The predicted molar refractivity (Wildman–Crippen MR) is 128 cm³/mol. The van der Waals surface area contributed by atoms with Crippen LogP contribution < -0.4 is 21.5 Å². The number of aromatic nitrogens is 3. The molecule has 1 aromatic carbocycles. The molecule has 0 amide bonds. The zero-order valence-electron chi connectivity index (χ0n) is 18.6. The molecule has 2 aromatic heterocycles. The highest BCUT2D eigenvalue weighted by molar-refractivity contribution is 6.34. The van der Waals surface area contributed by atoms with Gasteiger partial charge in [0.2, 0.25) is 0 Å². The lowest BCUT2D eigenvalue weighted by molar-refractivity contribution is -0.101. The number of hydrogen-bond donors (Lipinski definition) is 3. The standard InChI is InChI=1S/C23H21ClF3N7O/c1-22(7-16(29)32-10-15(22)23(25,26)27)13-6-14-18-20(19(13)24)35-3-2-31-21(18)34-17(33-14)5-11-4-12(28)9-30-8-11/h4,6,8-10H,2-3,5,7,28H2,1H3,(H2,29,32)(H,31,33,34). The van der Waals surface area contributed by atoms with Crippen LogP contribution in [0.1, 0.15) is 30.3 Å². The maximum atomic E-state index is 14.1. The quantitative estimate of drug-likeness (QED) is 0.491. The largest absolute Gasteiger partial charge is 0.489 e. The number of alkyl halides is 3. The van der Waals surface area contributed by atoms with Crippen LogP contribution >= 0.6 is 11.6 Å². The number of allylic oxidation sites excluding steroid dienone is 1. The summed E-state index contributed by atoms with van der Waals surface area (Å²) in [5, 5.41) is 3.76. The zero-order valence-corrected chi connectivity index (χ0v) is 19.3. The minimum Gasteiger partial charge on any atom is -0.489 e. The Hall–Kier alpha value is -3.60. The highest BCUT2D eigenvalue weighted by atomic mass is 35.5. The van der Waals surface area contributed by atoms with Gasteiger partial charge in [-0.2, -0.15) is 13.2 Å². The van der Waals surface area contributed by atoms with E-state index in [0.717, 1.165) is 11.8 Å². The number of nitrogens with zero attached hydrogens (tertiary/aromatic N) is 4. The van der Waals surface area contributed by atoms with Crippen molar-refractivity contribution in [2.75, 3.05) is 24.2 Å². The van der Waals surface area contributed by atoms with Gasteiger partial charge in [-0.1, -0.05) is 18.5 Å². The van der Waals surface area contributed by atoms with Crippen molar-refractivity contribution in [2.24, 2.45) is 10.7 Å². The maximum absolute atomic E-state index is 14.1. The summed E-state index contributed by atoms with van der Waals surface area (Å²) in [6, 6.07) is 3.32. The Bertz CT molecular complexity index is 1410. The molecule has 8 nitrogen and oxygen atoms in total. The third-order valence-corrected chi connectivity index (χ3v) is 6.51. The van der Waals surface area contributed by atoms with Gasteiger partial charge in [0.1, 0.15) is 24.1 Å². The van der Waals surface area contributed by atoms with Crippen molar-refractivity contribution in [3.8, 4) is 5.75 Å². The first-order valence-corrected chi connectivity index (χ1v) is 11.1. The molecule has 3 aromatic rings. The van der Waals surface area contributed by atoms with Gasteiger partial charge in [-0.15, -0.1) is 0 Å². The van der Waals surface area contributed by atoms with Crippen molar-refractivity contribution in [1.29, 1.82) is 0 Å². The smallest absolute Gasteiger partial charge is 0.415 e. The summed E-state index contributed by atoms with van der Waals surface area (Å²) in [6.07, 6.45) is -0.534. The number of anilines is 2. The summed E-state index contributed by atoms with van der Waals surface area (Å²) in [6.45, 7) is 2.12. The molecule has 5 rings (SSSR count). The van der Waals surface area contributed by atoms with E-state index in [4.69, 9.17) is 27.8 Å². The van der Waals surface area contributed by atoms with Crippen LogP contribution in [0.25, 0.3) is 10.9 Å². The Labute approximate surface area is 203 Å². The number of hydrogen-bond acceptors (Lipinski definition) is 8. The first-order chi connectivity index (χ1) is 16.6. The van der Waals surface area contributed by atoms with Crippen molar-refractivity contribution < 1.29 is 17.9 Å². The van der Waals surface area contributed by atoms with Gasteiger partial charge < -0.3 is 21.5 Å². The molecular weight excluding hydrogens is 483 g/mol. The normalized spacial score (nSPS) is 19.9. The van der Waals surface area contributed by atoms with Crippen molar-refractivity contribution in [2.45, 2.75) is 31.4 Å². The number of rotatable bonds is 3. The molecule has 0 saturated carbocycles. The number of aliphatic imine (C=N–C) groups is 1. The van der Waals surface area contributed by atoms with E-state index in [-0.39, 0.29) is 35.2 Å². The lowest BCUT2D eigenvalue weighted by atomic mass is 9.71. The van der Waals surface area contributed by atoms with E-state index in [9.17, 15) is 13.2 Å². The molecule has 0 spiro atoms. The number of nitrogens with two attached hydrogens (primary N) is 2. The molecule has 1 atom stereocenters. The van der Waals surface area contributed by atoms with Gasteiger partial charge in [0, 0.05) is 36.9 Å². The highest BCUT2D eigenvalue weighted by Gasteiger charge is 2.49. The van der Waals surface area contributed by atoms with Crippen LogP contribution in [0.3, 0.4) is 0 Å². The van der Waals surface area contributed by atoms with Crippen LogP contribution in [0.15, 0.2) is 41.3 Å². The Balaban J connectivity index is 1.72. The molecule has 4 heterocycles. The second-order valence-corrected chi connectivity index (χ2v) is 9.08. The molecule has 182 valence electrons. The number of nitrogens with one attached hydrogen (secondary N) is 1. The number of nitrogen functional groups attached to an aromatic ring is 1. The second kappa shape index (κ2) is 8.26. The summed E-state index contributed by atoms with van der Waals surface area (Å²) >= 11 is 6.73. The average Bonchev–Trinajstić information content (AvgIpc) is 2.98. The van der Waals surface area contributed by atoms with E-state index in [1.165, 1.54) is 13.1 Å². The average molecular weight is 504 g/mol. The molecule has 2 aliphatic rings. The summed E-state index contributed by atoms with van der Waals surface area (Å²) < 4.78 is 48.0. The SMILES string of the molecule is CC1(c2cc3nc(Cc4cncc(N)c4)nc4c3c(c2Cl)OCCN4)CC(N)=NC=C1C(F)(F)F. The lowest BCUT2D eigenvalue weighted by Crippen LogP contribution is -2.39. The Morgan fingerprint density at radius 1 is 1.20 bits per heavy atom. The molecule has 0 saturated heterocycles. The first kappa shape index (κ1) is 23.2. The molecule has 35 heavy (non-hydrogen) atoms. The molecule has 0 aliphatic carbocycles. The first-order valence-electron chi connectivity index (χ1n) is 10.8. The van der Waals surface area contributed by atoms with Gasteiger partial charge in [0.25, 0.3) is 0 Å². The van der Waals surface area contributed by atoms with Crippen molar-refractivity contribution in [3.05, 3.63) is 58.3 Å². The molecule has 5 N–H and O–H groups in total. The van der Waals surface area contributed by atoms with Crippen LogP contribution in [0, 0.1) is 0 Å². The number of ether oxygens (including phenoxy) is 1. The zero-order chi connectivity index (χ0) is 25.0. The lowest BCUT2D eigenvalue weighted by Gasteiger charge is -2.36. The molecule has 0 bridgehead atoms. The second-order valence-electron chi connectivity index (χ2n) is 8.70. The van der Waals surface area contributed by atoms with Crippen LogP contribution in [0.5, 0.6) is 5.75 Å². The Morgan fingerprint density at radius 3 is 2.74 bits per heavy atom. The molecule has 1 unspecified atom stereocenters. The Kier molecular flexibility index (Phi) is 5.47. The minimum absolute atomic E-state index is 0.0613. The summed E-state index contributed by atoms with van der Waals surface area (Å²) in [5.74, 6) is 1.24. The van der Waals surface area contributed by atoms with E-state index in [1.54, 1.807) is 18.3 Å². The summed E-state index contributed by atoms with van der Waals surface area (Å²) in [5.41, 5.74) is 11.2. The fourth-order valence-corrected chi connectivity index (χ4v) is 4.97. The van der Waals surface area contributed by atoms with Gasteiger partial charge in [-0.05, 0) is 23.3 Å². The van der Waals surface area contributed by atoms with Crippen molar-refractivity contribution in [1.82, 2.24) is 15.0 Å². The van der Waals surface area contributed by atoms with Gasteiger partial charge >= 0.3 is 6.18 Å². The molecular formula is C23H21ClF3N7O. The van der Waals surface area contributed by atoms with Gasteiger partial charge in [-0.3, -0.25) is 4.98 Å². The van der Waals surface area contributed by atoms with Crippen LogP contribution in [0.4, 0.5) is 24.7 Å². The number of halogens is 4. The van der Waals surface area contributed by atoms with Gasteiger partial charge in [0.15, 0.2) is 5.75 Å². The fourth-order valence-electron chi connectivity index (χ4n) is 4.56. The van der Waals surface area contributed by atoms with E-state index in [1.807, 2.05) is 0 Å². The number of benzene rings is 1.